The van der Waals surface area contributed by atoms with Crippen LogP contribution in [0.25, 0.3) is 0 Å². The second-order valence-electron chi connectivity index (χ2n) is 5.18. The number of nitrogens with zero attached hydrogens (tertiary/aromatic N) is 2. The Kier molecular flexibility index (Phi) is 4.42. The van der Waals surface area contributed by atoms with E-state index in [1.54, 1.807) is 12.3 Å². The van der Waals surface area contributed by atoms with Gasteiger partial charge in [-0.15, -0.1) is 0 Å². The molecule has 0 aliphatic rings. The van der Waals surface area contributed by atoms with E-state index in [4.69, 9.17) is 11.5 Å². The molecular formula is C16H20N4O. The van der Waals surface area contributed by atoms with E-state index in [-0.39, 0.29) is 11.7 Å². The average molecular weight is 284 g/mol. The van der Waals surface area contributed by atoms with Gasteiger partial charge in [-0.3, -0.25) is 9.78 Å². The highest BCUT2D eigenvalue weighted by Gasteiger charge is 2.14. The van der Waals surface area contributed by atoms with Gasteiger partial charge in [0, 0.05) is 30.2 Å². The van der Waals surface area contributed by atoms with Crippen LogP contribution in [0.3, 0.4) is 0 Å². The maximum atomic E-state index is 11.3. The Morgan fingerprint density at radius 1 is 1.29 bits per heavy atom. The molecule has 0 saturated heterocycles. The molecule has 2 rings (SSSR count). The number of primary amides is 1. The van der Waals surface area contributed by atoms with Crippen LogP contribution in [-0.2, 0) is 6.54 Å². The van der Waals surface area contributed by atoms with Crippen molar-refractivity contribution < 1.29 is 4.79 Å². The van der Waals surface area contributed by atoms with Gasteiger partial charge in [0.15, 0.2) is 0 Å². The maximum absolute atomic E-state index is 11.3. The number of para-hydroxylation sites is 1. The lowest BCUT2D eigenvalue weighted by Crippen LogP contribution is -2.31. The summed E-state index contributed by atoms with van der Waals surface area (Å²) in [6.07, 6.45) is 1.60. The molecule has 0 unspecified atom stereocenters. The van der Waals surface area contributed by atoms with Crippen molar-refractivity contribution in [2.75, 3.05) is 10.6 Å². The first-order chi connectivity index (χ1) is 9.99. The van der Waals surface area contributed by atoms with E-state index in [0.29, 0.717) is 6.54 Å². The molecule has 0 bridgehead atoms. The number of aromatic nitrogens is 1. The van der Waals surface area contributed by atoms with Crippen molar-refractivity contribution in [2.24, 2.45) is 5.73 Å². The summed E-state index contributed by atoms with van der Waals surface area (Å²) >= 11 is 0. The largest absolute Gasteiger partial charge is 0.398 e. The number of amides is 1. The number of anilines is 2. The predicted octanol–water partition coefficient (Wildman–Crippen LogP) is 2.18. The number of pyridine rings is 1. The van der Waals surface area contributed by atoms with Gasteiger partial charge >= 0.3 is 0 Å². The summed E-state index contributed by atoms with van der Waals surface area (Å²) in [7, 11) is 0. The van der Waals surface area contributed by atoms with Crippen LogP contribution in [0.5, 0.6) is 0 Å². The molecule has 0 fully saturated rings. The molecule has 1 aromatic heterocycles. The van der Waals surface area contributed by atoms with E-state index in [1.807, 2.05) is 30.3 Å². The monoisotopic (exact) mass is 284 g/mol. The van der Waals surface area contributed by atoms with Crippen molar-refractivity contribution >= 4 is 17.3 Å². The van der Waals surface area contributed by atoms with E-state index in [0.717, 1.165) is 16.9 Å². The Morgan fingerprint density at radius 3 is 2.62 bits per heavy atom. The quantitative estimate of drug-likeness (QED) is 0.824. The highest BCUT2D eigenvalue weighted by Crippen LogP contribution is 2.22. The van der Waals surface area contributed by atoms with Crippen LogP contribution < -0.4 is 16.4 Å². The minimum Gasteiger partial charge on any atom is -0.398 e. The zero-order chi connectivity index (χ0) is 15.4. The second kappa shape index (κ2) is 6.26. The molecule has 0 saturated carbocycles. The lowest BCUT2D eigenvalue weighted by molar-refractivity contribution is 0.0995. The van der Waals surface area contributed by atoms with Crippen LogP contribution in [0.1, 0.15) is 29.9 Å². The number of rotatable bonds is 5. The van der Waals surface area contributed by atoms with Gasteiger partial charge in [0.25, 0.3) is 5.91 Å². The van der Waals surface area contributed by atoms with Crippen molar-refractivity contribution in [3.8, 4) is 0 Å². The highest BCUT2D eigenvalue weighted by molar-refractivity contribution is 5.91. The van der Waals surface area contributed by atoms with Crippen LogP contribution in [0, 0.1) is 0 Å². The number of hydrogen-bond donors (Lipinski definition) is 2. The topological polar surface area (TPSA) is 85.2 Å². The molecule has 1 aromatic carbocycles. The van der Waals surface area contributed by atoms with E-state index < -0.39 is 5.91 Å². The fourth-order valence-corrected chi connectivity index (χ4v) is 2.17. The third-order valence-electron chi connectivity index (χ3n) is 3.35. The number of nitrogen functional groups attached to an aromatic ring is 1. The molecule has 1 amide bonds. The van der Waals surface area contributed by atoms with Crippen molar-refractivity contribution in [3.05, 3.63) is 53.9 Å². The summed E-state index contributed by atoms with van der Waals surface area (Å²) in [5.41, 5.74) is 14.3. The Labute approximate surface area is 124 Å². The number of nitrogens with two attached hydrogens (primary N) is 2. The zero-order valence-electron chi connectivity index (χ0n) is 12.3. The summed E-state index contributed by atoms with van der Waals surface area (Å²) in [4.78, 5) is 17.4. The predicted molar refractivity (Wildman–Crippen MR) is 84.9 cm³/mol. The summed E-state index contributed by atoms with van der Waals surface area (Å²) in [5, 5.41) is 0. The number of carbonyl (C=O) groups is 1. The van der Waals surface area contributed by atoms with Crippen molar-refractivity contribution in [1.29, 1.82) is 0 Å². The first kappa shape index (κ1) is 14.8. The molecule has 0 radical (unpaired) electrons. The summed E-state index contributed by atoms with van der Waals surface area (Å²) in [5.74, 6) is -0.528. The molecule has 21 heavy (non-hydrogen) atoms. The lowest BCUT2D eigenvalue weighted by atomic mass is 10.1. The number of hydrogen-bond acceptors (Lipinski definition) is 4. The first-order valence-corrected chi connectivity index (χ1v) is 6.85. The summed E-state index contributed by atoms with van der Waals surface area (Å²) in [6.45, 7) is 4.83. The molecule has 5 heteroatoms. The maximum Gasteiger partial charge on any atom is 0.267 e. The minimum atomic E-state index is -0.528. The molecule has 2 aromatic rings. The third kappa shape index (κ3) is 3.51. The number of carbonyl (C=O) groups excluding carboxylic acids is 1. The Bertz CT molecular complexity index is 640. The van der Waals surface area contributed by atoms with Gasteiger partial charge in [-0.05, 0) is 37.6 Å². The molecule has 0 spiro atoms. The smallest absolute Gasteiger partial charge is 0.267 e. The first-order valence-electron chi connectivity index (χ1n) is 6.85. The van der Waals surface area contributed by atoms with Crippen LogP contribution in [0.4, 0.5) is 11.4 Å². The Balaban J connectivity index is 2.34. The fourth-order valence-electron chi connectivity index (χ4n) is 2.17. The van der Waals surface area contributed by atoms with Crippen molar-refractivity contribution in [3.63, 3.8) is 0 Å². The van der Waals surface area contributed by atoms with Gasteiger partial charge in [-0.2, -0.15) is 0 Å². The summed E-state index contributed by atoms with van der Waals surface area (Å²) in [6, 6.07) is 11.6. The minimum absolute atomic E-state index is 0.243. The third-order valence-corrected chi connectivity index (χ3v) is 3.35. The summed E-state index contributed by atoms with van der Waals surface area (Å²) < 4.78 is 0. The average Bonchev–Trinajstić information content (AvgIpc) is 2.46. The van der Waals surface area contributed by atoms with E-state index in [9.17, 15) is 4.79 Å². The Hall–Kier alpha value is -2.56. The van der Waals surface area contributed by atoms with Crippen LogP contribution in [-0.4, -0.2) is 16.9 Å². The normalized spacial score (nSPS) is 10.6. The highest BCUT2D eigenvalue weighted by atomic mass is 16.1. The molecule has 0 aliphatic carbocycles. The van der Waals surface area contributed by atoms with Crippen LogP contribution in [0.2, 0.25) is 0 Å². The second-order valence-corrected chi connectivity index (χ2v) is 5.18. The molecule has 110 valence electrons. The van der Waals surface area contributed by atoms with Gasteiger partial charge in [-0.25, -0.2) is 0 Å². The zero-order valence-corrected chi connectivity index (χ0v) is 12.3. The van der Waals surface area contributed by atoms with Crippen LogP contribution >= 0.6 is 0 Å². The molecular weight excluding hydrogens is 264 g/mol. The molecule has 4 N–H and O–H groups in total. The standard InChI is InChI=1S/C16H20N4O/c1-11(2)20(10-12-5-3-4-6-14(12)17)13-7-8-19-15(9-13)16(18)21/h3-9,11H,10,17H2,1-2H3,(H2,18,21). The van der Waals surface area contributed by atoms with Gasteiger partial charge < -0.3 is 16.4 Å². The van der Waals surface area contributed by atoms with Crippen molar-refractivity contribution in [1.82, 2.24) is 4.98 Å². The van der Waals surface area contributed by atoms with Gasteiger partial charge in [0.1, 0.15) is 5.69 Å². The van der Waals surface area contributed by atoms with Crippen LogP contribution in [0.15, 0.2) is 42.6 Å². The van der Waals surface area contributed by atoms with Gasteiger partial charge in [0.2, 0.25) is 0 Å². The molecule has 0 aliphatic heterocycles. The van der Waals surface area contributed by atoms with Gasteiger partial charge in [-0.1, -0.05) is 18.2 Å². The fraction of sp³-hybridized carbons (Fsp3) is 0.250. The number of benzene rings is 1. The SMILES string of the molecule is CC(C)N(Cc1ccccc1N)c1ccnc(C(N)=O)c1. The molecule has 1 heterocycles. The van der Waals surface area contributed by atoms with Crippen molar-refractivity contribution in [2.45, 2.75) is 26.4 Å². The van der Waals surface area contributed by atoms with Gasteiger partial charge in [0.05, 0.1) is 0 Å². The Morgan fingerprint density at radius 2 is 2.00 bits per heavy atom. The van der Waals surface area contributed by atoms with E-state index in [2.05, 4.69) is 23.7 Å². The molecule has 0 atom stereocenters. The van der Waals surface area contributed by atoms with E-state index in [1.165, 1.54) is 0 Å². The van der Waals surface area contributed by atoms with E-state index >= 15 is 0 Å². The lowest BCUT2D eigenvalue weighted by Gasteiger charge is -2.29. The molecule has 5 nitrogen and oxygen atoms in total.